The van der Waals surface area contributed by atoms with Crippen molar-refractivity contribution >= 4 is 54.7 Å². The fourth-order valence-electron chi connectivity index (χ4n) is 23.4. The summed E-state index contributed by atoms with van der Waals surface area (Å²) < 4.78 is 24.9. The number of benzene rings is 10. The lowest BCUT2D eigenvalue weighted by Gasteiger charge is -2.34. The van der Waals surface area contributed by atoms with Crippen LogP contribution in [0.25, 0.3) is 0 Å². The van der Waals surface area contributed by atoms with Gasteiger partial charge in [0.25, 0.3) is 0 Å². The first-order valence-corrected chi connectivity index (χ1v) is 52.5. The number of carbonyl (C=O) groups excluding carboxylic acids is 5. The van der Waals surface area contributed by atoms with Gasteiger partial charge >= 0.3 is 14.2 Å². The Bertz CT molecular complexity index is 5490. The van der Waals surface area contributed by atoms with Crippen molar-refractivity contribution in [2.75, 3.05) is 32.7 Å². The van der Waals surface area contributed by atoms with Crippen molar-refractivity contribution in [3.63, 3.8) is 0 Å². The van der Waals surface area contributed by atoms with Crippen LogP contribution in [0.3, 0.4) is 0 Å². The van der Waals surface area contributed by atoms with Crippen LogP contribution in [0, 0.1) is 27.7 Å². The predicted octanol–water partition coefficient (Wildman–Crippen LogP) is 18.8. The topological polar surface area (TPSA) is 195 Å². The van der Waals surface area contributed by atoms with Crippen LogP contribution in [0.1, 0.15) is 242 Å². The fourth-order valence-corrected chi connectivity index (χ4v) is 23.4. The molecule has 744 valence electrons. The van der Waals surface area contributed by atoms with Crippen molar-refractivity contribution in [3.8, 4) is 11.5 Å². The van der Waals surface area contributed by atoms with Crippen LogP contribution in [0.2, 0.25) is 0 Å². The molecule has 5 amide bonds. The molecule has 0 radical (unpaired) electrons. The van der Waals surface area contributed by atoms with E-state index in [1.54, 1.807) is 12.1 Å². The zero-order valence-corrected chi connectivity index (χ0v) is 85.5. The molecule has 12 saturated heterocycles. The van der Waals surface area contributed by atoms with Gasteiger partial charge in [0.1, 0.15) is 23.8 Å². The molecule has 0 spiro atoms. The van der Waals surface area contributed by atoms with Crippen LogP contribution in [0.4, 0.5) is 0 Å². The summed E-state index contributed by atoms with van der Waals surface area (Å²) in [5.74, 6) is 2.04. The Morgan fingerprint density at radius 1 is 0.268 bits per heavy atom. The quantitative estimate of drug-likeness (QED) is 0.0683. The first-order valence-electron chi connectivity index (χ1n) is 52.5. The van der Waals surface area contributed by atoms with E-state index >= 15 is 0 Å². The van der Waals surface area contributed by atoms with E-state index in [1.165, 1.54) is 68.5 Å². The molecule has 12 aliphatic heterocycles. The molecule has 8 unspecified atom stereocenters. The van der Waals surface area contributed by atoms with Crippen molar-refractivity contribution in [1.82, 2.24) is 49.0 Å². The minimum Gasteiger partial charge on any atom is -0.508 e. The smallest absolute Gasteiger partial charge is 0.494 e. The van der Waals surface area contributed by atoms with Crippen LogP contribution in [-0.2, 0) is 94.6 Å². The maximum absolute atomic E-state index is 13.4. The third-order valence-corrected chi connectivity index (χ3v) is 32.9. The Balaban J connectivity index is 0.000000118. The summed E-state index contributed by atoms with van der Waals surface area (Å²) >= 11 is 0. The summed E-state index contributed by atoms with van der Waals surface area (Å²) in [6.07, 6.45) is 19.2. The van der Waals surface area contributed by atoms with Crippen LogP contribution >= 0.6 is 0 Å². The Morgan fingerprint density at radius 2 is 0.507 bits per heavy atom. The van der Waals surface area contributed by atoms with Crippen molar-refractivity contribution in [2.24, 2.45) is 0 Å². The molecule has 12 fully saturated rings. The lowest BCUT2D eigenvalue weighted by atomic mass is 9.78. The monoisotopic (exact) mass is 1910 g/mol. The third-order valence-electron chi connectivity index (χ3n) is 32.9. The van der Waals surface area contributed by atoms with E-state index in [-0.39, 0.29) is 121 Å². The lowest BCUT2D eigenvalue weighted by molar-refractivity contribution is -0.131. The van der Waals surface area contributed by atoms with Gasteiger partial charge in [-0.2, -0.15) is 0 Å². The van der Waals surface area contributed by atoms with Crippen LogP contribution in [0.5, 0.6) is 11.5 Å². The number of amides is 5. The second kappa shape index (κ2) is 43.8. The summed E-state index contributed by atoms with van der Waals surface area (Å²) in [4.78, 5) is 88.6. The summed E-state index contributed by atoms with van der Waals surface area (Å²) in [6, 6.07) is 86.9. The Hall–Kier alpha value is -11.1. The Morgan fingerprint density at radius 3 is 0.775 bits per heavy atom. The van der Waals surface area contributed by atoms with E-state index in [4.69, 9.17) is 18.6 Å². The summed E-state index contributed by atoms with van der Waals surface area (Å²) in [6.45, 7) is 33.0. The van der Waals surface area contributed by atoms with Gasteiger partial charge in [0.2, 0.25) is 29.5 Å². The zero-order valence-electron chi connectivity index (χ0n) is 85.5. The number of nitrogens with zero attached hydrogens (tertiary/aromatic N) is 10. The summed E-state index contributed by atoms with van der Waals surface area (Å²) in [5, 5.41) is 19.6. The molecule has 12 heterocycles. The maximum atomic E-state index is 13.4. The van der Waals surface area contributed by atoms with Crippen LogP contribution < -0.4 is 10.9 Å². The number of aryl methyl sites for hydroxylation is 4. The molecule has 2 N–H and O–H groups in total. The number of carbonyl (C=O) groups is 5. The molecule has 0 aromatic heterocycles. The first-order chi connectivity index (χ1) is 68.4. The number of hydrogen-bond donors (Lipinski definition) is 2. The van der Waals surface area contributed by atoms with Gasteiger partial charge in [-0.25, -0.2) is 0 Å². The highest BCUT2D eigenvalue weighted by Crippen LogP contribution is 2.46. The minimum atomic E-state index is -0.373. The average molecular weight is 1910 g/mol. The van der Waals surface area contributed by atoms with E-state index in [9.17, 15) is 34.2 Å². The molecule has 10 aromatic carbocycles. The molecule has 21 nitrogen and oxygen atoms in total. The average Bonchev–Trinajstić information content (AvgIpc) is 1.58. The van der Waals surface area contributed by atoms with Crippen molar-refractivity contribution in [2.45, 2.75) is 315 Å². The van der Waals surface area contributed by atoms with E-state index in [0.717, 1.165) is 169 Å². The molecule has 23 heteroatoms. The summed E-state index contributed by atoms with van der Waals surface area (Å²) in [7, 11) is -0.746. The maximum Gasteiger partial charge on any atom is 0.494 e. The number of piperidine rings is 5. The zero-order chi connectivity index (χ0) is 99.3. The molecule has 22 rings (SSSR count). The van der Waals surface area contributed by atoms with Crippen LogP contribution in [-0.4, -0.2) is 207 Å². The van der Waals surface area contributed by atoms with Gasteiger partial charge < -0.3 is 53.3 Å². The highest BCUT2D eigenvalue weighted by molar-refractivity contribution is 6.62. The minimum absolute atomic E-state index is 0.000218. The molecular weight excluding hydrogens is 1770 g/mol. The highest BCUT2D eigenvalue weighted by atomic mass is 16.7. The lowest BCUT2D eigenvalue weighted by Crippen LogP contribution is -2.44. The predicted molar refractivity (Wildman–Crippen MR) is 561 cm³/mol. The second-order valence-electron chi connectivity index (χ2n) is 43.5. The van der Waals surface area contributed by atoms with Crippen LogP contribution in [0.15, 0.2) is 255 Å². The molecule has 142 heavy (non-hydrogen) atoms. The Kier molecular flexibility index (Phi) is 31.2. The van der Waals surface area contributed by atoms with Crippen molar-refractivity contribution in [1.29, 1.82) is 0 Å². The SMILES string of the molecule is CC1(C)OB(c2ccc([C@@H]3N(Cc4ccccc4)C(=O)C4CCCCN43)cc2)OC1(C)C.CC1(C)OB(c2ccc([C@H]3N(Cc4ccccc4)C(=O)C4CCCCN43)cc2)OC1(C)C.Cc1cc(CC2N(Cc3ccccc3)C(=O)C3CCCCN32)ccc1O.Cc1cc(CC2N(Cc3ccccc3)C(=O)C3CCCCN32)ccc1O.Cc1ccc(CC2N(Cc3ccccc3)C(=O)C3CCCCN32)cc1C. The van der Waals surface area contributed by atoms with E-state index in [1.807, 2.05) is 117 Å². The van der Waals surface area contributed by atoms with Gasteiger partial charge in [-0.3, -0.25) is 48.5 Å². The Labute approximate surface area is 843 Å². The number of rotatable bonds is 20. The van der Waals surface area contributed by atoms with E-state index in [0.29, 0.717) is 50.1 Å². The number of hydrogen-bond acceptors (Lipinski definition) is 16. The second-order valence-corrected chi connectivity index (χ2v) is 43.5. The molecule has 10 atom stereocenters. The van der Waals surface area contributed by atoms with Gasteiger partial charge in [-0.15, -0.1) is 0 Å². The van der Waals surface area contributed by atoms with Gasteiger partial charge in [0.15, 0.2) is 0 Å². The molecule has 0 aliphatic carbocycles. The standard InChI is InChI=1S/2C26H33BN2O3.C23H28N2O.2C22H26N2O2/c2*1-25(2)26(3,4)32-27(31-25)21-15-13-20(14-16-21)23-28-17-9-8-12-22(28)24(30)29(23)18-19-10-6-5-7-11-19;1-17-11-12-20(14-18(17)2)15-22-24-13-7-6-10-21(24)23(26)25(22)16-19-8-4-3-5-9-19;2*1-16-13-18(10-11-20(16)25)14-21-23-12-6-5-9-19(23)22(26)24(21)15-17-7-3-2-4-8-17/h2*5-7,10-11,13-16,22-23H,8-9,12,17-18H2,1-4H3;3-5,8-9,11-12,14,21-22H,6-7,10,13,15-16H2,1-2H3;2*2-4,7-8,10-11,13,19,21,25H,5-6,9,12,14-15H2,1H3/t2*22?,23-;;;/m10.../s1. The van der Waals surface area contributed by atoms with Crippen molar-refractivity contribution in [3.05, 3.63) is 333 Å². The van der Waals surface area contributed by atoms with E-state index in [2.05, 4.69) is 258 Å². The van der Waals surface area contributed by atoms with Gasteiger partial charge in [-0.1, -0.05) is 275 Å². The third kappa shape index (κ3) is 22.1. The largest absolute Gasteiger partial charge is 0.508 e. The van der Waals surface area contributed by atoms with E-state index < -0.39 is 0 Å². The molecule has 10 aromatic rings. The van der Waals surface area contributed by atoms with Gasteiger partial charge in [-0.05, 0) is 248 Å². The number of aromatic hydroxyl groups is 2. The van der Waals surface area contributed by atoms with Gasteiger partial charge in [0, 0.05) is 84.7 Å². The normalized spacial score (nSPS) is 25.0. The first kappa shape index (κ1) is 101. The summed E-state index contributed by atoms with van der Waals surface area (Å²) in [5.41, 5.74) is 16.9. The number of phenolic OH excluding ortho intramolecular Hbond substituents is 2. The van der Waals surface area contributed by atoms with Gasteiger partial charge in [0.05, 0.1) is 71.1 Å². The molecular formula is C119H146B2N10O11. The number of phenols is 2. The van der Waals surface area contributed by atoms with Crippen molar-refractivity contribution < 1.29 is 52.8 Å². The molecule has 0 bridgehead atoms. The molecule has 0 saturated carbocycles. The fraction of sp³-hybridized carbons (Fsp3) is 0.454. The molecule has 12 aliphatic rings. The number of fused-ring (bicyclic) bond motifs is 5. The highest BCUT2D eigenvalue weighted by Gasteiger charge is 2.56.